The molecule has 2 nitrogen and oxygen atoms in total. The van der Waals surface area contributed by atoms with Crippen LogP contribution < -0.4 is 5.32 Å². The lowest BCUT2D eigenvalue weighted by molar-refractivity contribution is 0.484. The first kappa shape index (κ1) is 12.8. The quantitative estimate of drug-likeness (QED) is 0.641. The molecule has 76 valence electrons. The van der Waals surface area contributed by atoms with E-state index in [0.29, 0.717) is 6.04 Å². The van der Waals surface area contributed by atoms with Gasteiger partial charge in [-0.2, -0.15) is 17.0 Å². The first-order valence-electron chi connectivity index (χ1n) is 4.98. The summed E-state index contributed by atoms with van der Waals surface area (Å²) in [5.41, 5.74) is 0. The Balaban J connectivity index is 3.49. The molecule has 0 aliphatic rings. The number of nitrogens with one attached hydrogen (secondary N) is 1. The highest BCUT2D eigenvalue weighted by atomic mass is 32.2. The molecule has 0 saturated carbocycles. The highest BCUT2D eigenvalue weighted by Gasteiger charge is 2.07. The molecule has 0 aliphatic heterocycles. The molecule has 2 unspecified atom stereocenters. The minimum atomic E-state index is 0.0293. The lowest BCUT2D eigenvalue weighted by Gasteiger charge is -2.16. The van der Waals surface area contributed by atoms with Crippen LogP contribution in [-0.2, 0) is 0 Å². The summed E-state index contributed by atoms with van der Waals surface area (Å²) in [5.74, 6) is 2.37. The van der Waals surface area contributed by atoms with Crippen LogP contribution in [0, 0.1) is 11.3 Å². The molecular weight excluding hydrogens is 180 g/mol. The van der Waals surface area contributed by atoms with Crippen molar-refractivity contribution < 1.29 is 0 Å². The van der Waals surface area contributed by atoms with E-state index in [0.717, 1.165) is 12.8 Å². The molecule has 3 heteroatoms. The van der Waals surface area contributed by atoms with Crippen LogP contribution in [0.2, 0.25) is 0 Å². The molecule has 0 spiro atoms. The van der Waals surface area contributed by atoms with Gasteiger partial charge in [0.1, 0.15) is 0 Å². The zero-order valence-corrected chi connectivity index (χ0v) is 9.66. The van der Waals surface area contributed by atoms with Gasteiger partial charge in [-0.15, -0.1) is 0 Å². The number of nitrogens with zero attached hydrogens (tertiary/aromatic N) is 1. The standard InChI is InChI=1S/C10H20N2S/c1-4-10(8-11)12-9(3)6-7-13-5-2/h9-10,12H,4-7H2,1-3H3. The minimum Gasteiger partial charge on any atom is -0.299 e. The summed E-state index contributed by atoms with van der Waals surface area (Å²) in [4.78, 5) is 0. The van der Waals surface area contributed by atoms with Gasteiger partial charge >= 0.3 is 0 Å². The predicted molar refractivity (Wildman–Crippen MR) is 59.9 cm³/mol. The van der Waals surface area contributed by atoms with Gasteiger partial charge in [0.05, 0.1) is 12.1 Å². The van der Waals surface area contributed by atoms with Crippen LogP contribution in [0.3, 0.4) is 0 Å². The molecule has 0 aliphatic carbocycles. The molecule has 0 bridgehead atoms. The lowest BCUT2D eigenvalue weighted by Crippen LogP contribution is -2.35. The van der Waals surface area contributed by atoms with E-state index < -0.39 is 0 Å². The molecule has 1 N–H and O–H groups in total. The molecule has 2 atom stereocenters. The zero-order chi connectivity index (χ0) is 10.1. The first-order valence-corrected chi connectivity index (χ1v) is 6.13. The van der Waals surface area contributed by atoms with Crippen LogP contribution in [0.15, 0.2) is 0 Å². The van der Waals surface area contributed by atoms with E-state index in [9.17, 15) is 0 Å². The smallest absolute Gasteiger partial charge is 0.0952 e. The van der Waals surface area contributed by atoms with Crippen LogP contribution >= 0.6 is 11.8 Å². The van der Waals surface area contributed by atoms with E-state index in [1.807, 2.05) is 18.7 Å². The number of thioether (sulfide) groups is 1. The Hall–Kier alpha value is -0.200. The summed E-state index contributed by atoms with van der Waals surface area (Å²) in [7, 11) is 0. The Morgan fingerprint density at radius 2 is 2.15 bits per heavy atom. The SMILES string of the molecule is CCSCCC(C)NC(C#N)CC. The Morgan fingerprint density at radius 3 is 2.62 bits per heavy atom. The van der Waals surface area contributed by atoms with Gasteiger partial charge in [-0.25, -0.2) is 0 Å². The highest BCUT2D eigenvalue weighted by Crippen LogP contribution is 2.04. The maximum absolute atomic E-state index is 8.73. The first-order chi connectivity index (χ1) is 6.24. The normalized spacial score (nSPS) is 14.9. The van der Waals surface area contributed by atoms with E-state index in [4.69, 9.17) is 5.26 Å². The van der Waals surface area contributed by atoms with Crippen molar-refractivity contribution in [2.45, 2.75) is 45.7 Å². The molecular formula is C10H20N2S. The summed E-state index contributed by atoms with van der Waals surface area (Å²) in [6, 6.07) is 2.75. The van der Waals surface area contributed by atoms with Crippen molar-refractivity contribution in [3.8, 4) is 6.07 Å². The summed E-state index contributed by atoms with van der Waals surface area (Å²) >= 11 is 1.96. The maximum atomic E-state index is 8.73. The number of nitriles is 1. The predicted octanol–water partition coefficient (Wildman–Crippen LogP) is 2.41. The van der Waals surface area contributed by atoms with Crippen LogP contribution in [0.25, 0.3) is 0 Å². The summed E-state index contributed by atoms with van der Waals surface area (Å²) in [6.07, 6.45) is 2.04. The highest BCUT2D eigenvalue weighted by molar-refractivity contribution is 7.99. The van der Waals surface area contributed by atoms with Crippen LogP contribution in [-0.4, -0.2) is 23.6 Å². The fourth-order valence-corrected chi connectivity index (χ4v) is 1.89. The molecule has 0 aromatic rings. The molecule has 0 fully saturated rings. The van der Waals surface area contributed by atoms with Crippen molar-refractivity contribution >= 4 is 11.8 Å². The Bertz CT molecular complexity index is 153. The molecule has 13 heavy (non-hydrogen) atoms. The monoisotopic (exact) mass is 200 g/mol. The van der Waals surface area contributed by atoms with Crippen molar-refractivity contribution in [2.75, 3.05) is 11.5 Å². The third kappa shape index (κ3) is 6.92. The summed E-state index contributed by atoms with van der Waals surface area (Å²) in [5, 5.41) is 12.0. The van der Waals surface area contributed by atoms with Gasteiger partial charge in [-0.05, 0) is 31.3 Å². The second-order valence-electron chi connectivity index (χ2n) is 3.14. The zero-order valence-electron chi connectivity index (χ0n) is 8.84. The Morgan fingerprint density at radius 1 is 1.46 bits per heavy atom. The summed E-state index contributed by atoms with van der Waals surface area (Å²) in [6.45, 7) is 6.36. The molecule has 0 amide bonds. The van der Waals surface area contributed by atoms with Gasteiger partial charge in [0.2, 0.25) is 0 Å². The molecule has 0 aromatic carbocycles. The fourth-order valence-electron chi connectivity index (χ4n) is 1.08. The maximum Gasteiger partial charge on any atom is 0.0952 e. The lowest BCUT2D eigenvalue weighted by atomic mass is 10.2. The molecule has 0 heterocycles. The third-order valence-electron chi connectivity index (χ3n) is 1.95. The van der Waals surface area contributed by atoms with Crippen LogP contribution in [0.4, 0.5) is 0 Å². The van der Waals surface area contributed by atoms with Gasteiger partial charge in [-0.1, -0.05) is 13.8 Å². The Labute approximate surface area is 86.1 Å². The van der Waals surface area contributed by atoms with Gasteiger partial charge in [0.25, 0.3) is 0 Å². The number of hydrogen-bond acceptors (Lipinski definition) is 3. The van der Waals surface area contributed by atoms with Crippen molar-refractivity contribution in [3.05, 3.63) is 0 Å². The number of rotatable bonds is 7. The van der Waals surface area contributed by atoms with E-state index in [1.165, 1.54) is 11.5 Å². The molecule has 0 rings (SSSR count). The second kappa shape index (κ2) is 8.40. The van der Waals surface area contributed by atoms with Gasteiger partial charge in [-0.3, -0.25) is 5.32 Å². The van der Waals surface area contributed by atoms with E-state index in [2.05, 4.69) is 25.2 Å². The van der Waals surface area contributed by atoms with Gasteiger partial charge < -0.3 is 0 Å². The third-order valence-corrected chi connectivity index (χ3v) is 2.88. The largest absolute Gasteiger partial charge is 0.299 e. The molecule has 0 aromatic heterocycles. The molecule has 0 saturated heterocycles. The van der Waals surface area contributed by atoms with Crippen molar-refractivity contribution in [2.24, 2.45) is 0 Å². The molecule has 0 radical (unpaired) electrons. The van der Waals surface area contributed by atoms with Crippen molar-refractivity contribution in [1.29, 1.82) is 5.26 Å². The second-order valence-corrected chi connectivity index (χ2v) is 4.54. The van der Waals surface area contributed by atoms with E-state index in [1.54, 1.807) is 0 Å². The van der Waals surface area contributed by atoms with E-state index in [-0.39, 0.29) is 6.04 Å². The minimum absolute atomic E-state index is 0.0293. The van der Waals surface area contributed by atoms with Gasteiger partial charge in [0, 0.05) is 6.04 Å². The van der Waals surface area contributed by atoms with Crippen LogP contribution in [0.1, 0.15) is 33.6 Å². The topological polar surface area (TPSA) is 35.8 Å². The van der Waals surface area contributed by atoms with Crippen LogP contribution in [0.5, 0.6) is 0 Å². The average Bonchev–Trinajstić information content (AvgIpc) is 2.14. The fraction of sp³-hybridized carbons (Fsp3) is 0.900. The van der Waals surface area contributed by atoms with E-state index >= 15 is 0 Å². The van der Waals surface area contributed by atoms with Crippen molar-refractivity contribution in [1.82, 2.24) is 5.32 Å². The summed E-state index contributed by atoms with van der Waals surface area (Å²) < 4.78 is 0. The van der Waals surface area contributed by atoms with Gasteiger partial charge in [0.15, 0.2) is 0 Å². The average molecular weight is 200 g/mol. The number of hydrogen-bond donors (Lipinski definition) is 1. The van der Waals surface area contributed by atoms with Crippen molar-refractivity contribution in [3.63, 3.8) is 0 Å². The Kier molecular flexibility index (Phi) is 8.27.